The first kappa shape index (κ1) is 15.6. The van der Waals surface area contributed by atoms with Crippen LogP contribution in [0.3, 0.4) is 0 Å². The van der Waals surface area contributed by atoms with Gasteiger partial charge >= 0.3 is 0 Å². The zero-order valence-electron chi connectivity index (χ0n) is 8.84. The molecule has 0 aromatic rings. The van der Waals surface area contributed by atoms with Gasteiger partial charge in [0.05, 0.1) is 0 Å². The van der Waals surface area contributed by atoms with Crippen molar-refractivity contribution in [2.75, 3.05) is 6.38 Å². The summed E-state index contributed by atoms with van der Waals surface area (Å²) in [6.07, 6.45) is 11.6. The van der Waals surface area contributed by atoms with E-state index in [1.165, 1.54) is 12.0 Å². The maximum atomic E-state index is 9.99. The molecule has 0 aliphatic rings. The molecule has 0 aromatic heterocycles. The van der Waals surface area contributed by atoms with E-state index >= 15 is 0 Å². The molecule has 2 heteroatoms. The second-order valence-corrected chi connectivity index (χ2v) is 2.59. The van der Waals surface area contributed by atoms with Crippen molar-refractivity contribution >= 4 is 17.9 Å². The Morgan fingerprint density at radius 2 is 1.93 bits per heavy atom. The molecular weight excluding hydrogens is 196 g/mol. The van der Waals surface area contributed by atoms with Crippen molar-refractivity contribution in [3.8, 4) is 0 Å². The van der Waals surface area contributed by atoms with Crippen LogP contribution in [0.25, 0.3) is 0 Å². The summed E-state index contributed by atoms with van der Waals surface area (Å²) in [5, 5.41) is 0. The topological polar surface area (TPSA) is 17.1 Å². The number of halogens is 1. The summed E-state index contributed by atoms with van der Waals surface area (Å²) in [7, 11) is 0. The van der Waals surface area contributed by atoms with Crippen LogP contribution in [-0.2, 0) is 4.79 Å². The van der Waals surface area contributed by atoms with E-state index in [-0.39, 0.29) is 0 Å². The predicted octanol–water partition coefficient (Wildman–Crippen LogP) is 3.90. The molecule has 80 valence electrons. The van der Waals surface area contributed by atoms with Crippen LogP contribution in [0.1, 0.15) is 25.7 Å². The van der Waals surface area contributed by atoms with Crippen molar-refractivity contribution in [2.45, 2.75) is 25.7 Å². The van der Waals surface area contributed by atoms with Crippen LogP contribution in [0.2, 0.25) is 0 Å². The van der Waals surface area contributed by atoms with E-state index in [1.807, 2.05) is 12.2 Å². The molecule has 0 amide bonds. The Hall–Kier alpha value is -0.820. The number of hydrogen-bond donors (Lipinski definition) is 0. The van der Waals surface area contributed by atoms with E-state index in [0.717, 1.165) is 25.5 Å². The first-order chi connectivity index (χ1) is 6.85. The van der Waals surface area contributed by atoms with Crippen molar-refractivity contribution in [3.05, 3.63) is 37.0 Å². The summed E-state index contributed by atoms with van der Waals surface area (Å²) in [5.41, 5.74) is 1.19. The van der Waals surface area contributed by atoms with E-state index in [0.29, 0.717) is 6.42 Å². The van der Waals surface area contributed by atoms with Gasteiger partial charge in [0.2, 0.25) is 0 Å². The first-order valence-corrected chi connectivity index (χ1v) is 5.36. The average Bonchev–Trinajstić information content (AvgIpc) is 2.25. The van der Waals surface area contributed by atoms with E-state index in [2.05, 4.69) is 24.8 Å². The van der Waals surface area contributed by atoms with Crippen molar-refractivity contribution in [1.82, 2.24) is 0 Å². The molecule has 0 aromatic carbocycles. The van der Waals surface area contributed by atoms with Crippen LogP contribution in [0.5, 0.6) is 0 Å². The minimum atomic E-state index is 0.665. The van der Waals surface area contributed by atoms with Gasteiger partial charge in [-0.05, 0) is 24.8 Å². The van der Waals surface area contributed by atoms with E-state index in [1.54, 1.807) is 6.08 Å². The third-order valence-corrected chi connectivity index (χ3v) is 1.63. The number of rotatable bonds is 7. The fourth-order valence-electron chi connectivity index (χ4n) is 0.962. The van der Waals surface area contributed by atoms with E-state index < -0.39 is 0 Å². The van der Waals surface area contributed by atoms with Crippen LogP contribution < -0.4 is 0 Å². The smallest absolute Gasteiger partial charge is 0.119 e. The van der Waals surface area contributed by atoms with Crippen molar-refractivity contribution in [1.29, 1.82) is 0 Å². The number of alkyl halides is 1. The van der Waals surface area contributed by atoms with Gasteiger partial charge in [0.25, 0.3) is 0 Å². The predicted molar refractivity (Wildman–Crippen MR) is 64.8 cm³/mol. The molecule has 0 aliphatic heterocycles. The molecule has 14 heavy (non-hydrogen) atoms. The van der Waals surface area contributed by atoms with Gasteiger partial charge in [0, 0.05) is 12.8 Å². The lowest BCUT2D eigenvalue weighted by Crippen LogP contribution is -1.81. The van der Waals surface area contributed by atoms with Crippen LogP contribution >= 0.6 is 11.6 Å². The zero-order valence-corrected chi connectivity index (χ0v) is 9.59. The highest BCUT2D eigenvalue weighted by Crippen LogP contribution is 2.09. The first-order valence-electron chi connectivity index (χ1n) is 4.60. The summed E-state index contributed by atoms with van der Waals surface area (Å²) >= 11 is 4.64. The summed E-state index contributed by atoms with van der Waals surface area (Å²) in [6, 6.07) is 0. The second-order valence-electron chi connectivity index (χ2n) is 2.59. The van der Waals surface area contributed by atoms with Crippen LogP contribution in [0, 0.1) is 0 Å². The lowest BCUT2D eigenvalue weighted by atomic mass is 10.1. The third kappa shape index (κ3) is 11.2. The standard InChI is InChI=1S/C11H16O.CH3Cl/c1-3-8-11(4-2)9-6-5-7-10-12;1-2/h3-4,8,10H,1-2,5-7,9H2;1H3/b11-8+;. The molecule has 0 radical (unpaired) electrons. The molecule has 0 spiro atoms. The molecular formula is C12H19ClO. The molecule has 0 saturated heterocycles. The van der Waals surface area contributed by atoms with Gasteiger partial charge in [-0.2, -0.15) is 0 Å². The lowest BCUT2D eigenvalue weighted by Gasteiger charge is -1.98. The highest BCUT2D eigenvalue weighted by Gasteiger charge is 1.91. The van der Waals surface area contributed by atoms with Crippen molar-refractivity contribution in [3.63, 3.8) is 0 Å². The molecule has 1 nitrogen and oxygen atoms in total. The fraction of sp³-hybridized carbons (Fsp3) is 0.417. The molecule has 0 heterocycles. The van der Waals surface area contributed by atoms with Crippen LogP contribution in [0.15, 0.2) is 37.0 Å². The molecule has 0 N–H and O–H groups in total. The zero-order chi connectivity index (χ0) is 11.2. The molecule has 0 atom stereocenters. The number of unbranched alkanes of at least 4 members (excludes halogenated alkanes) is 2. The maximum absolute atomic E-state index is 9.99. The maximum Gasteiger partial charge on any atom is 0.119 e. The van der Waals surface area contributed by atoms with Crippen molar-refractivity contribution in [2.24, 2.45) is 0 Å². The van der Waals surface area contributed by atoms with Gasteiger partial charge in [-0.15, -0.1) is 11.6 Å². The van der Waals surface area contributed by atoms with Gasteiger partial charge in [-0.3, -0.25) is 0 Å². The van der Waals surface area contributed by atoms with Gasteiger partial charge < -0.3 is 4.79 Å². The largest absolute Gasteiger partial charge is 0.303 e. The van der Waals surface area contributed by atoms with Gasteiger partial charge in [0.1, 0.15) is 6.29 Å². The molecule has 0 fully saturated rings. The fourth-order valence-corrected chi connectivity index (χ4v) is 0.962. The van der Waals surface area contributed by atoms with Crippen LogP contribution in [-0.4, -0.2) is 12.7 Å². The Morgan fingerprint density at radius 3 is 2.36 bits per heavy atom. The molecule has 0 rings (SSSR count). The summed E-state index contributed by atoms with van der Waals surface area (Å²) in [6.45, 7) is 7.31. The van der Waals surface area contributed by atoms with Gasteiger partial charge in [-0.25, -0.2) is 0 Å². The van der Waals surface area contributed by atoms with Crippen LogP contribution in [0.4, 0.5) is 0 Å². The second kappa shape index (κ2) is 14.7. The monoisotopic (exact) mass is 214 g/mol. The Morgan fingerprint density at radius 1 is 1.29 bits per heavy atom. The van der Waals surface area contributed by atoms with Crippen molar-refractivity contribution < 1.29 is 4.79 Å². The summed E-state index contributed by atoms with van der Waals surface area (Å²) in [4.78, 5) is 9.99. The minimum Gasteiger partial charge on any atom is -0.303 e. The minimum absolute atomic E-state index is 0.665. The number of carbonyl (C=O) groups is 1. The number of allylic oxidation sites excluding steroid dienone is 4. The number of carbonyl (C=O) groups excluding carboxylic acids is 1. The Labute approximate surface area is 92.2 Å². The third-order valence-electron chi connectivity index (χ3n) is 1.63. The molecule has 0 bridgehead atoms. The molecule has 0 unspecified atom stereocenters. The normalized spacial score (nSPS) is 9.71. The Balaban J connectivity index is 0. The number of aldehydes is 1. The Bertz CT molecular complexity index is 183. The average molecular weight is 215 g/mol. The quantitative estimate of drug-likeness (QED) is 0.272. The Kier molecular flexibility index (Phi) is 16.4. The SMILES string of the molecule is C=C/C=C(\C=C)CCCCC=O.CCl. The molecule has 0 saturated carbocycles. The highest BCUT2D eigenvalue weighted by atomic mass is 35.5. The van der Waals surface area contributed by atoms with E-state index in [9.17, 15) is 4.79 Å². The van der Waals surface area contributed by atoms with Gasteiger partial charge in [0.15, 0.2) is 0 Å². The van der Waals surface area contributed by atoms with Gasteiger partial charge in [-0.1, -0.05) is 31.4 Å². The summed E-state index contributed by atoms with van der Waals surface area (Å²) < 4.78 is 0. The highest BCUT2D eigenvalue weighted by molar-refractivity contribution is 6.15. The molecule has 0 aliphatic carbocycles. The van der Waals surface area contributed by atoms with E-state index in [4.69, 9.17) is 0 Å². The summed E-state index contributed by atoms with van der Waals surface area (Å²) in [5.74, 6) is 0. The number of hydrogen-bond acceptors (Lipinski definition) is 1. The lowest BCUT2D eigenvalue weighted by molar-refractivity contribution is -0.107.